The molecule has 1 unspecified atom stereocenters. The molecule has 0 spiro atoms. The van der Waals surface area contributed by atoms with Gasteiger partial charge in [0.05, 0.1) is 33.8 Å². The molecule has 0 saturated heterocycles. The van der Waals surface area contributed by atoms with E-state index < -0.39 is 18.0 Å². The predicted octanol–water partition coefficient (Wildman–Crippen LogP) is 7.16. The third-order valence-corrected chi connectivity index (χ3v) is 6.88. The van der Waals surface area contributed by atoms with Crippen LogP contribution in [0.4, 0.5) is 5.69 Å². The number of hydrogen-bond acceptors (Lipinski definition) is 6. The number of nitrogens with zero attached hydrogens (tertiary/aromatic N) is 1. The average molecular weight is 529 g/mol. The number of benzene rings is 3. The molecular formula is C29H21ClN2O4S. The molecule has 37 heavy (non-hydrogen) atoms. The van der Waals surface area contributed by atoms with Crippen molar-refractivity contribution in [1.82, 2.24) is 4.98 Å². The maximum absolute atomic E-state index is 13.6. The number of anilines is 1. The Morgan fingerprint density at radius 3 is 2.46 bits per heavy atom. The smallest absolute Gasteiger partial charge is 0.340 e. The van der Waals surface area contributed by atoms with Gasteiger partial charge < -0.3 is 14.8 Å². The van der Waals surface area contributed by atoms with E-state index in [1.54, 1.807) is 48.5 Å². The zero-order valence-electron chi connectivity index (χ0n) is 19.7. The minimum absolute atomic E-state index is 0.329. The topological polar surface area (TPSA) is 77.5 Å². The summed E-state index contributed by atoms with van der Waals surface area (Å²) in [6, 6.07) is 26.7. The molecule has 5 rings (SSSR count). The molecule has 0 bridgehead atoms. The largest absolute Gasteiger partial charge is 0.495 e. The van der Waals surface area contributed by atoms with Crippen LogP contribution < -0.4 is 10.1 Å². The number of halogens is 1. The Morgan fingerprint density at radius 1 is 0.946 bits per heavy atom. The Labute approximate surface area is 222 Å². The van der Waals surface area contributed by atoms with E-state index >= 15 is 0 Å². The van der Waals surface area contributed by atoms with Crippen molar-refractivity contribution >= 4 is 51.4 Å². The van der Waals surface area contributed by atoms with Crippen LogP contribution >= 0.6 is 22.9 Å². The summed E-state index contributed by atoms with van der Waals surface area (Å²) in [5.74, 6) is -0.664. The van der Waals surface area contributed by atoms with Crippen molar-refractivity contribution in [2.45, 2.75) is 6.10 Å². The third kappa shape index (κ3) is 5.33. The number of amides is 1. The molecule has 6 nitrogen and oxygen atoms in total. The Hall–Kier alpha value is -4.20. The molecule has 2 heterocycles. The van der Waals surface area contributed by atoms with Crippen LogP contribution in [0.2, 0.25) is 5.02 Å². The molecule has 3 aromatic carbocycles. The number of ether oxygens (including phenoxy) is 2. The minimum atomic E-state index is -1.20. The van der Waals surface area contributed by atoms with Gasteiger partial charge in [0.2, 0.25) is 6.10 Å². The highest BCUT2D eigenvalue weighted by Crippen LogP contribution is 2.31. The van der Waals surface area contributed by atoms with E-state index in [1.807, 2.05) is 47.8 Å². The lowest BCUT2D eigenvalue weighted by atomic mass is 10.1. The van der Waals surface area contributed by atoms with Gasteiger partial charge in [-0.1, -0.05) is 66.2 Å². The number of fused-ring (bicyclic) bond motifs is 1. The lowest BCUT2D eigenvalue weighted by Gasteiger charge is -2.19. The first kappa shape index (κ1) is 24.5. The molecule has 0 aliphatic carbocycles. The molecule has 0 saturated carbocycles. The number of pyridine rings is 1. The molecule has 0 aliphatic heterocycles. The Balaban J connectivity index is 1.49. The van der Waals surface area contributed by atoms with Crippen molar-refractivity contribution in [2.24, 2.45) is 0 Å². The number of hydrogen-bond donors (Lipinski definition) is 1. The van der Waals surface area contributed by atoms with Gasteiger partial charge in [-0.2, -0.15) is 0 Å². The Kier molecular flexibility index (Phi) is 7.16. The van der Waals surface area contributed by atoms with Gasteiger partial charge in [0.15, 0.2) is 0 Å². The maximum atomic E-state index is 13.6. The fourth-order valence-corrected chi connectivity index (χ4v) is 4.86. The van der Waals surface area contributed by atoms with Crippen molar-refractivity contribution < 1.29 is 19.1 Å². The van der Waals surface area contributed by atoms with Gasteiger partial charge in [-0.15, -0.1) is 11.3 Å². The quantitative estimate of drug-likeness (QED) is 0.227. The number of carbonyl (C=O) groups is 2. The summed E-state index contributed by atoms with van der Waals surface area (Å²) < 4.78 is 11.1. The van der Waals surface area contributed by atoms with Crippen molar-refractivity contribution in [2.75, 3.05) is 12.4 Å². The van der Waals surface area contributed by atoms with Crippen LogP contribution in [-0.2, 0) is 9.53 Å². The zero-order chi connectivity index (χ0) is 25.8. The monoisotopic (exact) mass is 528 g/mol. The summed E-state index contributed by atoms with van der Waals surface area (Å²) >= 11 is 7.75. The molecule has 0 fully saturated rings. The predicted molar refractivity (Wildman–Crippen MR) is 146 cm³/mol. The first-order valence-electron chi connectivity index (χ1n) is 11.4. The normalized spacial score (nSPS) is 11.6. The highest BCUT2D eigenvalue weighted by Gasteiger charge is 2.27. The Morgan fingerprint density at radius 2 is 1.73 bits per heavy atom. The van der Waals surface area contributed by atoms with Gasteiger partial charge >= 0.3 is 5.97 Å². The molecule has 0 radical (unpaired) electrons. The summed E-state index contributed by atoms with van der Waals surface area (Å²) in [6.07, 6.45) is -1.20. The number of rotatable bonds is 7. The molecule has 0 aliphatic rings. The Bertz CT molecular complexity index is 1570. The van der Waals surface area contributed by atoms with E-state index in [0.717, 1.165) is 4.88 Å². The van der Waals surface area contributed by atoms with E-state index in [-0.39, 0.29) is 0 Å². The average Bonchev–Trinajstić information content (AvgIpc) is 3.47. The second kappa shape index (κ2) is 10.8. The van der Waals surface area contributed by atoms with Gasteiger partial charge in [0, 0.05) is 16.6 Å². The first-order chi connectivity index (χ1) is 18.0. The van der Waals surface area contributed by atoms with Gasteiger partial charge in [0.25, 0.3) is 5.91 Å². The van der Waals surface area contributed by atoms with Crippen LogP contribution in [0.25, 0.3) is 21.5 Å². The number of para-hydroxylation sites is 1. The second-order valence-electron chi connectivity index (χ2n) is 8.08. The number of aromatic nitrogens is 1. The highest BCUT2D eigenvalue weighted by atomic mass is 35.5. The molecule has 184 valence electrons. The van der Waals surface area contributed by atoms with Crippen molar-refractivity contribution in [1.29, 1.82) is 0 Å². The lowest BCUT2D eigenvalue weighted by Crippen LogP contribution is -2.26. The van der Waals surface area contributed by atoms with Crippen LogP contribution in [0, 0.1) is 0 Å². The van der Waals surface area contributed by atoms with E-state index in [2.05, 4.69) is 5.32 Å². The summed E-state index contributed by atoms with van der Waals surface area (Å²) in [5, 5.41) is 5.73. The van der Waals surface area contributed by atoms with Crippen LogP contribution in [0.15, 0.2) is 96.4 Å². The van der Waals surface area contributed by atoms with E-state index in [4.69, 9.17) is 26.1 Å². The molecule has 2 aromatic heterocycles. The molecule has 1 N–H and O–H groups in total. The number of thiophene rings is 1. The molecule has 5 aromatic rings. The maximum Gasteiger partial charge on any atom is 0.340 e. The highest BCUT2D eigenvalue weighted by molar-refractivity contribution is 7.13. The van der Waals surface area contributed by atoms with Gasteiger partial charge in [-0.3, -0.25) is 4.79 Å². The van der Waals surface area contributed by atoms with Crippen LogP contribution in [0.1, 0.15) is 22.0 Å². The fourth-order valence-electron chi connectivity index (χ4n) is 3.92. The summed E-state index contributed by atoms with van der Waals surface area (Å²) in [6.45, 7) is 0. The van der Waals surface area contributed by atoms with E-state index in [1.165, 1.54) is 18.4 Å². The van der Waals surface area contributed by atoms with Crippen molar-refractivity contribution in [3.05, 3.63) is 113 Å². The summed E-state index contributed by atoms with van der Waals surface area (Å²) in [7, 11) is 1.51. The van der Waals surface area contributed by atoms with E-state index in [0.29, 0.717) is 44.2 Å². The molecular weight excluding hydrogens is 508 g/mol. The van der Waals surface area contributed by atoms with Crippen LogP contribution in [0.5, 0.6) is 5.75 Å². The zero-order valence-corrected chi connectivity index (χ0v) is 21.3. The standard InChI is InChI=1S/C29H21ClN2O4S/c1-35-25-14-13-19(16-22(25)30)31-28(33)27(18-8-3-2-4-9-18)36-29(34)21-17-24(26-12-7-15-37-26)32-23-11-6-5-10-20(21)23/h2-17,27H,1H3,(H,31,33). The van der Waals surface area contributed by atoms with Gasteiger partial charge in [0.1, 0.15) is 5.75 Å². The van der Waals surface area contributed by atoms with Crippen LogP contribution in [-0.4, -0.2) is 24.0 Å². The number of carbonyl (C=O) groups excluding carboxylic acids is 2. The first-order valence-corrected chi connectivity index (χ1v) is 12.6. The molecule has 8 heteroatoms. The molecule has 1 amide bonds. The molecule has 1 atom stereocenters. The van der Waals surface area contributed by atoms with E-state index in [9.17, 15) is 9.59 Å². The van der Waals surface area contributed by atoms with Crippen LogP contribution in [0.3, 0.4) is 0 Å². The van der Waals surface area contributed by atoms with Gasteiger partial charge in [-0.05, 0) is 41.8 Å². The number of esters is 1. The minimum Gasteiger partial charge on any atom is -0.495 e. The third-order valence-electron chi connectivity index (χ3n) is 5.69. The van der Waals surface area contributed by atoms with Gasteiger partial charge in [-0.25, -0.2) is 9.78 Å². The number of methoxy groups -OCH3 is 1. The van der Waals surface area contributed by atoms with Crippen molar-refractivity contribution in [3.63, 3.8) is 0 Å². The fraction of sp³-hybridized carbons (Fsp3) is 0.0690. The van der Waals surface area contributed by atoms with Crippen molar-refractivity contribution in [3.8, 4) is 16.3 Å². The second-order valence-corrected chi connectivity index (χ2v) is 9.44. The SMILES string of the molecule is COc1ccc(NC(=O)C(OC(=O)c2cc(-c3cccs3)nc3ccccc23)c2ccccc2)cc1Cl. The lowest BCUT2D eigenvalue weighted by molar-refractivity contribution is -0.125. The summed E-state index contributed by atoms with van der Waals surface area (Å²) in [4.78, 5) is 32.6. The number of nitrogens with one attached hydrogen (secondary N) is 1. The summed E-state index contributed by atoms with van der Waals surface area (Å²) in [5.41, 5.74) is 2.63.